The number of rotatable bonds is 3. The van der Waals surface area contributed by atoms with Crippen LogP contribution in [-0.4, -0.2) is 23.2 Å². The number of aryl methyl sites for hydroxylation is 1. The number of benzene rings is 1. The van der Waals surface area contributed by atoms with Gasteiger partial charge in [0.2, 0.25) is 0 Å². The molecule has 0 spiro atoms. The van der Waals surface area contributed by atoms with Gasteiger partial charge in [0.25, 0.3) is 15.2 Å². The molecule has 1 aromatic carbocycles. The minimum Gasteiger partial charge on any atom is -0.297 e. The number of hydrogen-bond donors (Lipinski definition) is 1. The third kappa shape index (κ3) is 2.39. The largest absolute Gasteiger partial charge is 0.297 e. The van der Waals surface area contributed by atoms with Crippen LogP contribution in [-0.2, 0) is 16.6 Å². The number of hydrogen-bond acceptors (Lipinski definition) is 4. The summed E-state index contributed by atoms with van der Waals surface area (Å²) in [5.74, 6) is 0.521. The summed E-state index contributed by atoms with van der Waals surface area (Å²) in [5.41, 5.74) is 3.02. The summed E-state index contributed by atoms with van der Waals surface area (Å²) in [7, 11) is -3.87. The van der Waals surface area contributed by atoms with Crippen molar-refractivity contribution in [2.45, 2.75) is 32.5 Å². The Bertz CT molecular complexity index is 719. The molecule has 0 unspecified atom stereocenters. The van der Waals surface area contributed by atoms with Crippen molar-refractivity contribution in [3.63, 3.8) is 0 Å². The topological polar surface area (TPSA) is 90.9 Å². The van der Waals surface area contributed by atoms with Gasteiger partial charge in [0.1, 0.15) is 0 Å². The summed E-state index contributed by atoms with van der Waals surface area (Å²) >= 11 is 0. The standard InChI is InChI=1S/C12H16N4O2S/c1-4-16-11(14-15-12(16)19(13,17)18)10-7-5-6-8(2)9(10)3/h5-7H,4H2,1-3H3,(H2,13,17,18). The molecule has 0 amide bonds. The van der Waals surface area contributed by atoms with Crippen LogP contribution < -0.4 is 5.14 Å². The van der Waals surface area contributed by atoms with E-state index in [1.165, 1.54) is 4.57 Å². The van der Waals surface area contributed by atoms with Gasteiger partial charge in [0, 0.05) is 12.1 Å². The molecular weight excluding hydrogens is 264 g/mol. The lowest BCUT2D eigenvalue weighted by Crippen LogP contribution is -2.18. The molecule has 2 rings (SSSR count). The fraction of sp³-hybridized carbons (Fsp3) is 0.333. The van der Waals surface area contributed by atoms with E-state index in [9.17, 15) is 8.42 Å². The number of sulfonamides is 1. The maximum Gasteiger partial charge on any atom is 0.273 e. The Morgan fingerprint density at radius 1 is 1.26 bits per heavy atom. The molecule has 0 fully saturated rings. The lowest BCUT2D eigenvalue weighted by Gasteiger charge is -2.10. The van der Waals surface area contributed by atoms with Gasteiger partial charge >= 0.3 is 0 Å². The van der Waals surface area contributed by atoms with Crippen LogP contribution in [0.4, 0.5) is 0 Å². The summed E-state index contributed by atoms with van der Waals surface area (Å²) in [4.78, 5) is 0. The van der Waals surface area contributed by atoms with Crippen molar-refractivity contribution in [2.24, 2.45) is 5.14 Å². The Hall–Kier alpha value is -1.73. The van der Waals surface area contributed by atoms with Gasteiger partial charge in [0.05, 0.1) is 0 Å². The highest BCUT2D eigenvalue weighted by molar-refractivity contribution is 7.89. The molecule has 0 saturated heterocycles. The quantitative estimate of drug-likeness (QED) is 0.915. The van der Waals surface area contributed by atoms with Gasteiger partial charge < -0.3 is 0 Å². The summed E-state index contributed by atoms with van der Waals surface area (Å²) in [6.07, 6.45) is 0. The molecule has 1 heterocycles. The van der Waals surface area contributed by atoms with Crippen molar-refractivity contribution in [2.75, 3.05) is 0 Å². The molecule has 0 aliphatic carbocycles. The van der Waals surface area contributed by atoms with Crippen LogP contribution in [0.15, 0.2) is 23.4 Å². The first kappa shape index (κ1) is 13.7. The highest BCUT2D eigenvalue weighted by Gasteiger charge is 2.21. The van der Waals surface area contributed by atoms with Crippen LogP contribution in [0.3, 0.4) is 0 Å². The van der Waals surface area contributed by atoms with Gasteiger partial charge in [0.15, 0.2) is 5.82 Å². The van der Waals surface area contributed by atoms with Crippen LogP contribution in [0.5, 0.6) is 0 Å². The minimum absolute atomic E-state index is 0.203. The SMILES string of the molecule is CCn1c(-c2cccc(C)c2C)nnc1S(N)(=O)=O. The molecule has 1 aromatic heterocycles. The Kier molecular flexibility index (Phi) is 3.42. The van der Waals surface area contributed by atoms with Gasteiger partial charge in [-0.25, -0.2) is 13.6 Å². The molecule has 0 aliphatic rings. The van der Waals surface area contributed by atoms with Crippen molar-refractivity contribution < 1.29 is 8.42 Å². The Balaban J connectivity index is 2.71. The average molecular weight is 280 g/mol. The second kappa shape index (κ2) is 4.75. The van der Waals surface area contributed by atoms with E-state index in [2.05, 4.69) is 10.2 Å². The zero-order valence-electron chi connectivity index (χ0n) is 11.1. The van der Waals surface area contributed by atoms with Crippen molar-refractivity contribution >= 4 is 10.0 Å². The summed E-state index contributed by atoms with van der Waals surface area (Å²) in [5, 5.41) is 12.6. The third-order valence-electron chi connectivity index (χ3n) is 3.13. The van der Waals surface area contributed by atoms with Crippen molar-refractivity contribution in [3.05, 3.63) is 29.3 Å². The molecule has 7 heteroatoms. The van der Waals surface area contributed by atoms with E-state index in [1.54, 1.807) is 0 Å². The monoisotopic (exact) mass is 280 g/mol. The normalized spacial score (nSPS) is 11.8. The second-order valence-electron chi connectivity index (χ2n) is 4.34. The first-order valence-electron chi connectivity index (χ1n) is 5.88. The van der Waals surface area contributed by atoms with E-state index in [4.69, 9.17) is 5.14 Å². The molecule has 0 bridgehead atoms. The molecule has 19 heavy (non-hydrogen) atoms. The zero-order chi connectivity index (χ0) is 14.2. The highest BCUT2D eigenvalue weighted by atomic mass is 32.2. The average Bonchev–Trinajstić information content (AvgIpc) is 2.76. The maximum atomic E-state index is 11.5. The fourth-order valence-electron chi connectivity index (χ4n) is 1.98. The van der Waals surface area contributed by atoms with Gasteiger partial charge in [-0.1, -0.05) is 18.2 Å². The number of nitrogens with two attached hydrogens (primary N) is 1. The predicted molar refractivity (Wildman–Crippen MR) is 72.0 cm³/mol. The molecule has 0 atom stereocenters. The van der Waals surface area contributed by atoms with E-state index in [-0.39, 0.29) is 5.16 Å². The number of primary sulfonamides is 1. The van der Waals surface area contributed by atoms with Crippen LogP contribution in [0.25, 0.3) is 11.4 Å². The van der Waals surface area contributed by atoms with Crippen molar-refractivity contribution in [3.8, 4) is 11.4 Å². The van der Waals surface area contributed by atoms with Crippen LogP contribution in [0.1, 0.15) is 18.1 Å². The smallest absolute Gasteiger partial charge is 0.273 e. The van der Waals surface area contributed by atoms with Crippen LogP contribution in [0, 0.1) is 13.8 Å². The van der Waals surface area contributed by atoms with E-state index in [0.29, 0.717) is 12.4 Å². The van der Waals surface area contributed by atoms with Gasteiger partial charge in [-0.3, -0.25) is 4.57 Å². The Labute approximate surface area is 112 Å². The first-order valence-corrected chi connectivity index (χ1v) is 7.43. The molecular formula is C12H16N4O2S. The maximum absolute atomic E-state index is 11.5. The summed E-state index contributed by atoms with van der Waals surface area (Å²) in [6.45, 7) is 6.22. The van der Waals surface area contributed by atoms with Gasteiger partial charge in [-0.05, 0) is 31.9 Å². The van der Waals surface area contributed by atoms with E-state index < -0.39 is 10.0 Å². The van der Waals surface area contributed by atoms with E-state index in [1.807, 2.05) is 39.0 Å². The van der Waals surface area contributed by atoms with Crippen LogP contribution >= 0.6 is 0 Å². The first-order chi connectivity index (χ1) is 8.86. The summed E-state index contributed by atoms with van der Waals surface area (Å²) < 4.78 is 24.4. The number of aromatic nitrogens is 3. The molecule has 0 aliphatic heterocycles. The zero-order valence-corrected chi connectivity index (χ0v) is 11.9. The second-order valence-corrected chi connectivity index (χ2v) is 5.80. The summed E-state index contributed by atoms with van der Waals surface area (Å²) in [6, 6.07) is 5.79. The van der Waals surface area contributed by atoms with Crippen molar-refractivity contribution in [1.82, 2.24) is 14.8 Å². The highest BCUT2D eigenvalue weighted by Crippen LogP contribution is 2.25. The van der Waals surface area contributed by atoms with Crippen LogP contribution in [0.2, 0.25) is 0 Å². The van der Waals surface area contributed by atoms with Gasteiger partial charge in [-0.2, -0.15) is 0 Å². The van der Waals surface area contributed by atoms with E-state index >= 15 is 0 Å². The lowest BCUT2D eigenvalue weighted by atomic mass is 10.0. The molecule has 2 N–H and O–H groups in total. The van der Waals surface area contributed by atoms with Crippen molar-refractivity contribution in [1.29, 1.82) is 0 Å². The minimum atomic E-state index is -3.87. The fourth-order valence-corrected chi connectivity index (χ4v) is 2.65. The molecule has 2 aromatic rings. The lowest BCUT2D eigenvalue weighted by molar-refractivity contribution is 0.571. The predicted octanol–water partition coefficient (Wildman–Crippen LogP) is 1.23. The third-order valence-corrected chi connectivity index (χ3v) is 3.94. The molecule has 0 radical (unpaired) electrons. The van der Waals surface area contributed by atoms with E-state index in [0.717, 1.165) is 16.7 Å². The Morgan fingerprint density at radius 2 is 1.95 bits per heavy atom. The number of nitrogens with zero attached hydrogens (tertiary/aromatic N) is 3. The molecule has 6 nitrogen and oxygen atoms in total. The Morgan fingerprint density at radius 3 is 2.53 bits per heavy atom. The van der Waals surface area contributed by atoms with Gasteiger partial charge in [-0.15, -0.1) is 10.2 Å². The molecule has 102 valence electrons. The molecule has 0 saturated carbocycles.